The molecule has 25 heteroatoms. The third-order valence-corrected chi connectivity index (χ3v) is 24.8. The van der Waals surface area contributed by atoms with Crippen LogP contribution in [0.15, 0.2) is 258 Å². The Morgan fingerprint density at radius 1 is 0.514 bits per heavy atom. The Kier molecular flexibility index (Phi) is 27.4. The van der Waals surface area contributed by atoms with Gasteiger partial charge in [0.25, 0.3) is 8.32 Å². The number of carbonyl (C=O) groups excluding carboxylic acids is 4. The highest BCUT2D eigenvalue weighted by Gasteiger charge is 2.59. The predicted octanol–water partition coefficient (Wildman–Crippen LogP) is 12.8. The highest BCUT2D eigenvalue weighted by molar-refractivity contribution is 9.10. The molecule has 3 aliphatic heterocycles. The molecule has 9 aromatic rings. The summed E-state index contributed by atoms with van der Waals surface area (Å²) < 4.78 is 95.7. The summed E-state index contributed by atoms with van der Waals surface area (Å²) in [5, 5.41) is 23.4. The summed E-state index contributed by atoms with van der Waals surface area (Å²) in [5.74, 6) is -2.51. The van der Waals surface area contributed by atoms with Crippen LogP contribution in [0.3, 0.4) is 0 Å². The van der Waals surface area contributed by atoms with Gasteiger partial charge in [0.05, 0.1) is 50.3 Å². The van der Waals surface area contributed by atoms with E-state index in [-0.39, 0.29) is 50.8 Å². The second kappa shape index (κ2) is 37.7. The van der Waals surface area contributed by atoms with E-state index >= 15 is 4.79 Å². The molecule has 568 valence electrons. The van der Waals surface area contributed by atoms with E-state index in [0.717, 1.165) is 31.2 Å². The lowest BCUT2D eigenvalue weighted by Gasteiger charge is -2.51. The summed E-state index contributed by atoms with van der Waals surface area (Å²) in [6, 6.07) is 72.3. The molecule has 12 rings (SSSR count). The van der Waals surface area contributed by atoms with Gasteiger partial charge in [0.15, 0.2) is 31.1 Å². The summed E-state index contributed by atoms with van der Waals surface area (Å²) in [6.07, 6.45) is -21.4. The molecule has 3 aliphatic rings. The number of methoxy groups -OCH3 is 1. The van der Waals surface area contributed by atoms with Gasteiger partial charge in [-0.2, -0.15) is 0 Å². The number of hydrogen-bond donors (Lipinski definition) is 2. The van der Waals surface area contributed by atoms with Gasteiger partial charge in [-0.3, -0.25) is 4.79 Å². The van der Waals surface area contributed by atoms with Crippen LogP contribution in [0.1, 0.15) is 70.7 Å². The molecule has 9 aromatic carbocycles. The highest BCUT2D eigenvalue weighted by atomic mass is 79.9. The van der Waals surface area contributed by atoms with E-state index in [0.29, 0.717) is 16.7 Å². The Bertz CT molecular complexity index is 4420. The number of nitrogens with zero attached hydrogens (tertiary/aromatic N) is 3. The van der Waals surface area contributed by atoms with Crippen molar-refractivity contribution in [3.05, 3.63) is 297 Å². The first-order valence-electron chi connectivity index (χ1n) is 35.9. The number of halogens is 1. The maximum absolute atomic E-state index is 15.2. The first-order chi connectivity index (χ1) is 53.0. The molecule has 109 heavy (non-hydrogen) atoms. The molecule has 0 radical (unpaired) electrons. The summed E-state index contributed by atoms with van der Waals surface area (Å²) in [5.41, 5.74) is 13.7. The molecule has 15 atom stereocenters. The first kappa shape index (κ1) is 79.0. The number of benzene rings is 9. The fraction of sp³-hybridized carbons (Fsp3) is 0.333. The number of aliphatic hydroxyl groups is 1. The molecule has 23 nitrogen and oxygen atoms in total. The lowest BCUT2D eigenvalue weighted by molar-refractivity contribution is -0.370. The molecule has 0 bridgehead atoms. The van der Waals surface area contributed by atoms with Gasteiger partial charge in [-0.05, 0) is 96.4 Å². The standard InChI is InChI=1S/C84H87BrN4O19Si/c1-54(90)97-52-68-73(107-81-70(88-89-86)74(98-49-57-41-44-63(85)45-42-57)71(91)66(102-81)53-101-109(84(2,3)4,64-36-20-10-21-37-64)65-38-22-11-23-39-65)76(99-48-55-26-12-6-13-27-55)77(106-79(93)61-33-18-9-19-34-61)82(104-68)108-72-67(51-96-47-58-40-43-59-30-24-25-35-62(59)46-58)103-80(95-5)69(75(72)105-78(92)60-31-16-8-17-32-60)87-83(94)100-50-56-28-14-7-15-29-56/h6-46,66-77,80-82,91H,47-53H2,1-5H3,(H,87,94)/t66-,67-,68+,69-,70-,71-,72-,73-,74-,75-,76+,77-,80+,81-,82+/m1/s1. The second-order valence-corrected chi connectivity index (χ2v) is 32.8. The lowest BCUT2D eigenvalue weighted by atomic mass is 9.94. The van der Waals surface area contributed by atoms with Crippen molar-refractivity contribution in [1.29, 1.82) is 0 Å². The largest absolute Gasteiger partial charge is 0.463 e. The molecule has 0 spiro atoms. The van der Waals surface area contributed by atoms with Gasteiger partial charge >= 0.3 is 24.0 Å². The van der Waals surface area contributed by atoms with Crippen LogP contribution in [0.2, 0.25) is 5.04 Å². The van der Waals surface area contributed by atoms with Crippen molar-refractivity contribution in [3.63, 3.8) is 0 Å². The Labute approximate surface area is 641 Å². The van der Waals surface area contributed by atoms with Crippen molar-refractivity contribution in [2.75, 3.05) is 26.9 Å². The quantitative estimate of drug-likeness (QED) is 0.0106. The summed E-state index contributed by atoms with van der Waals surface area (Å²) in [4.78, 5) is 61.2. The van der Waals surface area contributed by atoms with Crippen LogP contribution in [0.4, 0.5) is 4.79 Å². The minimum Gasteiger partial charge on any atom is -0.463 e. The normalized spacial score (nSPS) is 24.2. The zero-order valence-corrected chi connectivity index (χ0v) is 63.4. The van der Waals surface area contributed by atoms with Crippen LogP contribution in [-0.2, 0) is 97.2 Å². The molecule has 3 saturated heterocycles. The lowest BCUT2D eigenvalue weighted by Crippen LogP contribution is -2.70. The van der Waals surface area contributed by atoms with Gasteiger partial charge in [-0.15, -0.1) is 0 Å². The zero-order chi connectivity index (χ0) is 76.3. The van der Waals surface area contributed by atoms with Crippen molar-refractivity contribution in [1.82, 2.24) is 5.32 Å². The Morgan fingerprint density at radius 3 is 1.58 bits per heavy atom. The van der Waals surface area contributed by atoms with E-state index in [9.17, 15) is 25.0 Å². The van der Waals surface area contributed by atoms with E-state index in [1.54, 1.807) is 84.9 Å². The summed E-state index contributed by atoms with van der Waals surface area (Å²) in [7, 11) is -2.07. The minimum atomic E-state index is -3.42. The Morgan fingerprint density at radius 2 is 1.00 bits per heavy atom. The van der Waals surface area contributed by atoms with Gasteiger partial charge in [0.2, 0.25) is 0 Å². The fourth-order valence-electron chi connectivity index (χ4n) is 13.9. The van der Waals surface area contributed by atoms with Crippen molar-refractivity contribution < 1.29 is 90.3 Å². The third kappa shape index (κ3) is 19.9. The number of amides is 1. The van der Waals surface area contributed by atoms with Crippen LogP contribution in [0, 0.1) is 0 Å². The molecular formula is C84H87BrN4O19Si. The maximum Gasteiger partial charge on any atom is 0.407 e. The molecule has 0 aromatic heterocycles. The smallest absolute Gasteiger partial charge is 0.407 e. The molecule has 2 N–H and O–H groups in total. The molecule has 0 saturated carbocycles. The van der Waals surface area contributed by atoms with Crippen LogP contribution in [0.25, 0.3) is 21.2 Å². The summed E-state index contributed by atoms with van der Waals surface area (Å²) in [6.45, 7) is 5.90. The summed E-state index contributed by atoms with van der Waals surface area (Å²) >= 11 is 3.52. The van der Waals surface area contributed by atoms with Gasteiger partial charge in [-0.1, -0.05) is 248 Å². The van der Waals surface area contributed by atoms with Crippen molar-refractivity contribution in [2.24, 2.45) is 5.11 Å². The number of nitrogens with one attached hydrogen (secondary N) is 1. The predicted molar refractivity (Wildman–Crippen MR) is 408 cm³/mol. The number of carbonyl (C=O) groups is 4. The zero-order valence-electron chi connectivity index (χ0n) is 60.8. The van der Waals surface area contributed by atoms with E-state index < -0.39 is 136 Å². The van der Waals surface area contributed by atoms with E-state index in [1.807, 2.05) is 164 Å². The number of aliphatic hydroxyl groups excluding tert-OH is 1. The van der Waals surface area contributed by atoms with Gasteiger partial charge in [0.1, 0.15) is 68.0 Å². The fourth-order valence-corrected chi connectivity index (χ4v) is 18.7. The number of esters is 3. The topological polar surface area (TPSA) is 279 Å². The number of alkyl carbamates (subject to hydrolysis) is 1. The van der Waals surface area contributed by atoms with Gasteiger partial charge < -0.3 is 76.4 Å². The van der Waals surface area contributed by atoms with Crippen LogP contribution < -0.4 is 15.7 Å². The van der Waals surface area contributed by atoms with Crippen LogP contribution in [0.5, 0.6) is 0 Å². The minimum absolute atomic E-state index is 0.0345. The number of fused-ring (bicyclic) bond motifs is 1. The highest BCUT2D eigenvalue weighted by Crippen LogP contribution is 2.41. The molecule has 3 fully saturated rings. The SMILES string of the molecule is CO[C@H]1O[C@H](COCc2ccc3ccccc3c2)[C@@H](O[C@@H]2O[C@@H](COC(C)=O)[C@@H](O[C@H]3O[C@H](CO[Si](c4ccccc4)(c4ccccc4)C(C)(C)C)[C@@H](O)[C@H](OCc4ccc(Br)cc4)[C@H]3N=[N+]=[N-])[C@H](OCc3ccccc3)[C@H]2OC(=O)c2ccccc2)[C@H](OC(=O)c2ccccc2)[C@H]1NC(=O)OCc1ccccc1. The average Bonchev–Trinajstić information content (AvgIpc) is 0.605. The van der Waals surface area contributed by atoms with Gasteiger partial charge in [-0.25, -0.2) is 14.4 Å². The number of hydrogen-bond acceptors (Lipinski definition) is 20. The second-order valence-electron chi connectivity index (χ2n) is 27.6. The molecular weight excluding hydrogens is 1480 g/mol. The van der Waals surface area contributed by atoms with Crippen LogP contribution in [-0.4, -0.2) is 156 Å². The number of rotatable bonds is 30. The van der Waals surface area contributed by atoms with E-state index in [2.05, 4.69) is 52.0 Å². The van der Waals surface area contributed by atoms with Crippen molar-refractivity contribution >= 4 is 69.4 Å². The van der Waals surface area contributed by atoms with Gasteiger partial charge in [0, 0.05) is 23.4 Å². The number of ether oxygens (including phenoxy) is 13. The number of azide groups is 1. The van der Waals surface area contributed by atoms with E-state index in [1.165, 1.54) is 14.0 Å². The van der Waals surface area contributed by atoms with Crippen molar-refractivity contribution in [2.45, 2.75) is 151 Å². The monoisotopic (exact) mass is 1560 g/mol. The maximum atomic E-state index is 15.2. The first-order valence-corrected chi connectivity index (χ1v) is 38.6. The Balaban J connectivity index is 0.983. The average molecular weight is 1560 g/mol. The Hall–Kier alpha value is -9.51. The van der Waals surface area contributed by atoms with Crippen molar-refractivity contribution in [3.8, 4) is 0 Å². The molecule has 3 heterocycles. The van der Waals surface area contributed by atoms with E-state index in [4.69, 9.17) is 66.0 Å². The van der Waals surface area contributed by atoms with Crippen LogP contribution >= 0.6 is 15.9 Å². The molecule has 0 unspecified atom stereocenters. The third-order valence-electron chi connectivity index (χ3n) is 19.2. The molecule has 1 amide bonds. The molecule has 0 aliphatic carbocycles.